The summed E-state index contributed by atoms with van der Waals surface area (Å²) in [4.78, 5) is 0.268. The van der Waals surface area contributed by atoms with Gasteiger partial charge in [0.05, 0.1) is 4.90 Å². The van der Waals surface area contributed by atoms with Crippen LogP contribution in [0.4, 0.5) is 0 Å². The molecule has 3 aromatic rings. The molecule has 8 heteroatoms. The summed E-state index contributed by atoms with van der Waals surface area (Å²) in [6.07, 6.45) is 2.89. The van der Waals surface area contributed by atoms with Crippen LogP contribution < -0.4 is 0 Å². The lowest BCUT2D eigenvalue weighted by Crippen LogP contribution is -2.35. The van der Waals surface area contributed by atoms with Gasteiger partial charge in [-0.25, -0.2) is 8.42 Å². The van der Waals surface area contributed by atoms with E-state index in [1.54, 1.807) is 28.6 Å². The summed E-state index contributed by atoms with van der Waals surface area (Å²) < 4.78 is 33.2. The lowest BCUT2D eigenvalue weighted by Gasteiger charge is -2.25. The molecule has 29 heavy (non-hydrogen) atoms. The number of thioether (sulfide) groups is 1. The number of benzene rings is 2. The minimum absolute atomic E-state index is 0.268. The molecule has 4 rings (SSSR count). The van der Waals surface area contributed by atoms with Gasteiger partial charge in [0.2, 0.25) is 15.9 Å². The number of piperidine rings is 1. The Labute approximate surface area is 175 Å². The van der Waals surface area contributed by atoms with Crippen LogP contribution in [-0.4, -0.2) is 36.0 Å². The van der Waals surface area contributed by atoms with Crippen LogP contribution in [0.25, 0.3) is 11.5 Å². The van der Waals surface area contributed by atoms with Crippen LogP contribution >= 0.6 is 11.8 Å². The quantitative estimate of drug-likeness (QED) is 0.537. The van der Waals surface area contributed by atoms with Crippen molar-refractivity contribution in [3.05, 3.63) is 59.7 Å². The van der Waals surface area contributed by atoms with Gasteiger partial charge < -0.3 is 4.42 Å². The Kier molecular flexibility index (Phi) is 6.03. The Bertz CT molecular complexity index is 1070. The Morgan fingerprint density at radius 1 is 1.03 bits per heavy atom. The molecule has 1 fully saturated rings. The van der Waals surface area contributed by atoms with Gasteiger partial charge in [-0.1, -0.05) is 54.1 Å². The zero-order valence-electron chi connectivity index (χ0n) is 16.2. The second-order valence-corrected chi connectivity index (χ2v) is 10.0. The SMILES string of the molecule is Cc1ccc(CSc2nnc(-c3cccc(S(=O)(=O)N4CCCCC4)c3)o2)cc1. The maximum atomic E-state index is 12.9. The monoisotopic (exact) mass is 429 g/mol. The first kappa shape index (κ1) is 20.1. The molecule has 1 saturated heterocycles. The van der Waals surface area contributed by atoms with E-state index in [-0.39, 0.29) is 4.90 Å². The first-order chi connectivity index (χ1) is 14.0. The number of aromatic nitrogens is 2. The highest BCUT2D eigenvalue weighted by molar-refractivity contribution is 7.98. The first-order valence-electron chi connectivity index (χ1n) is 9.65. The number of hydrogen-bond donors (Lipinski definition) is 0. The van der Waals surface area contributed by atoms with Gasteiger partial charge in [-0.05, 0) is 43.5 Å². The van der Waals surface area contributed by atoms with Crippen molar-refractivity contribution in [2.75, 3.05) is 13.1 Å². The van der Waals surface area contributed by atoms with Crippen molar-refractivity contribution in [1.29, 1.82) is 0 Å². The molecule has 1 aliphatic rings. The molecular formula is C21H23N3O3S2. The Balaban J connectivity index is 1.49. The zero-order valence-corrected chi connectivity index (χ0v) is 17.9. The summed E-state index contributed by atoms with van der Waals surface area (Å²) in [5.74, 6) is 1.05. The summed E-state index contributed by atoms with van der Waals surface area (Å²) in [7, 11) is -3.50. The van der Waals surface area contributed by atoms with Crippen molar-refractivity contribution >= 4 is 21.8 Å². The molecule has 152 valence electrons. The van der Waals surface area contributed by atoms with Gasteiger partial charge in [-0.15, -0.1) is 10.2 Å². The minimum Gasteiger partial charge on any atom is -0.411 e. The number of hydrogen-bond acceptors (Lipinski definition) is 6. The third-order valence-electron chi connectivity index (χ3n) is 4.92. The largest absolute Gasteiger partial charge is 0.411 e. The van der Waals surface area contributed by atoms with Crippen LogP contribution in [0.5, 0.6) is 0 Å². The Hall–Kier alpha value is -2.16. The van der Waals surface area contributed by atoms with Crippen molar-refractivity contribution in [3.8, 4) is 11.5 Å². The molecule has 0 amide bonds. The standard InChI is InChI=1S/C21H23N3O3S2/c1-16-8-10-17(11-9-16)15-28-21-23-22-20(27-21)18-6-5-7-19(14-18)29(25,26)24-12-3-2-4-13-24/h5-11,14H,2-4,12-13,15H2,1H3. The van der Waals surface area contributed by atoms with Gasteiger partial charge in [-0.3, -0.25) is 0 Å². The second kappa shape index (κ2) is 8.69. The molecule has 6 nitrogen and oxygen atoms in total. The van der Waals surface area contributed by atoms with E-state index in [0.29, 0.717) is 29.8 Å². The molecule has 0 radical (unpaired) electrons. The van der Waals surface area contributed by atoms with Crippen LogP contribution in [0.15, 0.2) is 63.1 Å². The van der Waals surface area contributed by atoms with E-state index >= 15 is 0 Å². The van der Waals surface area contributed by atoms with E-state index in [9.17, 15) is 8.42 Å². The van der Waals surface area contributed by atoms with Crippen molar-refractivity contribution in [3.63, 3.8) is 0 Å². The van der Waals surface area contributed by atoms with Crippen LogP contribution in [0, 0.1) is 6.92 Å². The first-order valence-corrected chi connectivity index (χ1v) is 12.1. The van der Waals surface area contributed by atoms with Gasteiger partial charge >= 0.3 is 0 Å². The van der Waals surface area contributed by atoms with Crippen molar-refractivity contribution in [2.24, 2.45) is 0 Å². The number of sulfonamides is 1. The molecule has 0 spiro atoms. The summed E-state index contributed by atoms with van der Waals surface area (Å²) in [5, 5.41) is 8.66. The van der Waals surface area contributed by atoms with Crippen LogP contribution in [0.3, 0.4) is 0 Å². The molecule has 2 heterocycles. The third-order valence-corrected chi connectivity index (χ3v) is 7.71. The minimum atomic E-state index is -3.50. The van der Waals surface area contributed by atoms with E-state index in [0.717, 1.165) is 25.0 Å². The van der Waals surface area contributed by atoms with Crippen molar-refractivity contribution in [2.45, 2.75) is 42.1 Å². The Morgan fingerprint density at radius 3 is 2.55 bits per heavy atom. The summed E-state index contributed by atoms with van der Waals surface area (Å²) in [6.45, 7) is 3.21. The molecule has 0 N–H and O–H groups in total. The highest BCUT2D eigenvalue weighted by atomic mass is 32.2. The van der Waals surface area contributed by atoms with Gasteiger partial charge in [-0.2, -0.15) is 4.31 Å². The smallest absolute Gasteiger partial charge is 0.277 e. The number of nitrogens with zero attached hydrogens (tertiary/aromatic N) is 3. The predicted octanol–water partition coefficient (Wildman–Crippen LogP) is 4.51. The molecule has 0 bridgehead atoms. The molecule has 0 unspecified atom stereocenters. The fourth-order valence-electron chi connectivity index (χ4n) is 3.26. The predicted molar refractivity (Wildman–Crippen MR) is 113 cm³/mol. The highest BCUT2D eigenvalue weighted by Gasteiger charge is 2.26. The maximum Gasteiger partial charge on any atom is 0.277 e. The van der Waals surface area contributed by atoms with Gasteiger partial charge in [0.15, 0.2) is 0 Å². The van der Waals surface area contributed by atoms with Crippen molar-refractivity contribution in [1.82, 2.24) is 14.5 Å². The lowest BCUT2D eigenvalue weighted by molar-refractivity contribution is 0.346. The van der Waals surface area contributed by atoms with E-state index in [2.05, 4.69) is 41.4 Å². The van der Waals surface area contributed by atoms with E-state index in [1.807, 2.05) is 0 Å². The van der Waals surface area contributed by atoms with Gasteiger partial charge in [0, 0.05) is 24.4 Å². The van der Waals surface area contributed by atoms with Crippen LogP contribution in [0.2, 0.25) is 0 Å². The van der Waals surface area contributed by atoms with Crippen LogP contribution in [0.1, 0.15) is 30.4 Å². The molecule has 2 aromatic carbocycles. The molecule has 1 aliphatic heterocycles. The normalized spacial score (nSPS) is 15.5. The second-order valence-electron chi connectivity index (χ2n) is 7.14. The van der Waals surface area contributed by atoms with Gasteiger partial charge in [0.1, 0.15) is 0 Å². The average Bonchev–Trinajstić information content (AvgIpc) is 3.23. The molecule has 0 atom stereocenters. The third kappa shape index (κ3) is 4.71. The maximum absolute atomic E-state index is 12.9. The molecular weight excluding hydrogens is 406 g/mol. The number of rotatable bonds is 6. The zero-order chi connectivity index (χ0) is 20.3. The average molecular weight is 430 g/mol. The Morgan fingerprint density at radius 2 is 1.79 bits per heavy atom. The highest BCUT2D eigenvalue weighted by Crippen LogP contribution is 2.28. The summed E-state index contributed by atoms with van der Waals surface area (Å²) in [5.41, 5.74) is 3.01. The number of aryl methyl sites for hydroxylation is 1. The topological polar surface area (TPSA) is 76.3 Å². The molecule has 0 aliphatic carbocycles. The summed E-state index contributed by atoms with van der Waals surface area (Å²) >= 11 is 1.46. The fourth-order valence-corrected chi connectivity index (χ4v) is 5.54. The van der Waals surface area contributed by atoms with E-state index in [1.165, 1.54) is 22.9 Å². The fraction of sp³-hybridized carbons (Fsp3) is 0.333. The van der Waals surface area contributed by atoms with E-state index in [4.69, 9.17) is 4.42 Å². The van der Waals surface area contributed by atoms with Crippen molar-refractivity contribution < 1.29 is 12.8 Å². The summed E-state index contributed by atoms with van der Waals surface area (Å²) in [6, 6.07) is 15.0. The molecule has 0 saturated carbocycles. The van der Waals surface area contributed by atoms with Gasteiger partial charge in [0.25, 0.3) is 5.22 Å². The van der Waals surface area contributed by atoms with Crippen LogP contribution in [-0.2, 0) is 15.8 Å². The van der Waals surface area contributed by atoms with E-state index < -0.39 is 10.0 Å². The lowest BCUT2D eigenvalue weighted by atomic mass is 10.2. The molecule has 1 aromatic heterocycles.